The molecular weight excluding hydrogens is 780 g/mol. The van der Waals surface area contributed by atoms with E-state index in [4.69, 9.17) is 20.4 Å². The van der Waals surface area contributed by atoms with Gasteiger partial charge in [0.05, 0.1) is 16.4 Å². The van der Waals surface area contributed by atoms with E-state index < -0.39 is 0 Å². The number of anilines is 6. The van der Waals surface area contributed by atoms with Gasteiger partial charge in [-0.3, -0.25) is 0 Å². The molecule has 0 radical (unpaired) electrons. The highest BCUT2D eigenvalue weighted by Gasteiger charge is 2.32. The molecule has 5 heteroatoms. The van der Waals surface area contributed by atoms with Crippen molar-refractivity contribution in [1.29, 1.82) is 0 Å². The molecule has 9 aromatic rings. The minimum Gasteiger partial charge on any atom is -0.456 e. The molecule has 11 rings (SSSR count). The highest BCUT2D eigenvalue weighted by molar-refractivity contribution is 6.36. The fraction of sp³-hybridized carbons (Fsp3) is 0.193. The summed E-state index contributed by atoms with van der Waals surface area (Å²) in [6, 6.07) is 56.2. The summed E-state index contributed by atoms with van der Waals surface area (Å²) >= 11 is 8.00. The molecule has 0 unspecified atom stereocenters. The standard InChI is InChI=1S/C57H49ClN2O2/c1-36-24-49(55(58)50(25-36)60(47-22-20-41-32-56(2,3)34-43(41)28-47)48-23-21-42-33-57(4,5)35-44(42)29-48)59(45-16-10-14-37(26-45)53-30-39-12-6-8-18-51(39)61-53)46-17-11-15-38(27-46)54-31-40-13-7-9-19-52(40)62-54/h6-31H,32-35H2,1-5H3. The molecule has 0 saturated carbocycles. The molecule has 306 valence electrons. The minimum atomic E-state index is 0.230. The molecule has 0 N–H and O–H groups in total. The van der Waals surface area contributed by atoms with Crippen molar-refractivity contribution < 1.29 is 8.83 Å². The first-order valence-corrected chi connectivity index (χ1v) is 22.1. The summed E-state index contributed by atoms with van der Waals surface area (Å²) in [5, 5.41) is 2.79. The molecule has 0 bridgehead atoms. The van der Waals surface area contributed by atoms with Gasteiger partial charge in [0.25, 0.3) is 0 Å². The van der Waals surface area contributed by atoms with Crippen molar-refractivity contribution in [3.8, 4) is 22.6 Å². The van der Waals surface area contributed by atoms with Crippen molar-refractivity contribution in [2.24, 2.45) is 10.8 Å². The Morgan fingerprint density at radius 2 is 0.855 bits per heavy atom. The van der Waals surface area contributed by atoms with Crippen LogP contribution in [-0.2, 0) is 25.7 Å². The Balaban J connectivity index is 1.11. The van der Waals surface area contributed by atoms with Crippen LogP contribution in [0.5, 0.6) is 0 Å². The maximum absolute atomic E-state index is 8.00. The molecule has 2 aliphatic carbocycles. The van der Waals surface area contributed by atoms with E-state index in [1.807, 2.05) is 36.4 Å². The van der Waals surface area contributed by atoms with Crippen LogP contribution in [0.1, 0.15) is 55.5 Å². The Bertz CT molecular complexity index is 2950. The highest BCUT2D eigenvalue weighted by Crippen LogP contribution is 2.50. The van der Waals surface area contributed by atoms with Crippen LogP contribution in [0.4, 0.5) is 34.1 Å². The van der Waals surface area contributed by atoms with E-state index in [1.165, 1.54) is 22.3 Å². The number of furan rings is 2. The van der Waals surface area contributed by atoms with Gasteiger partial charge >= 0.3 is 0 Å². The second kappa shape index (κ2) is 14.6. The number of nitrogens with zero attached hydrogens (tertiary/aromatic N) is 2. The van der Waals surface area contributed by atoms with Crippen molar-refractivity contribution in [1.82, 2.24) is 0 Å². The Hall–Kier alpha value is -6.49. The maximum atomic E-state index is 8.00. The molecule has 0 amide bonds. The van der Waals surface area contributed by atoms with Gasteiger partial charge in [-0.25, -0.2) is 0 Å². The lowest BCUT2D eigenvalue weighted by atomic mass is 9.90. The fourth-order valence-corrected chi connectivity index (χ4v) is 10.4. The van der Waals surface area contributed by atoms with E-state index in [-0.39, 0.29) is 10.8 Å². The fourth-order valence-electron chi connectivity index (χ4n) is 10.1. The van der Waals surface area contributed by atoms with Gasteiger partial charge in [0.15, 0.2) is 0 Å². The second-order valence-corrected chi connectivity index (χ2v) is 19.5. The van der Waals surface area contributed by atoms with Crippen molar-refractivity contribution in [3.05, 3.63) is 191 Å². The molecule has 0 fully saturated rings. The van der Waals surface area contributed by atoms with Crippen LogP contribution in [0, 0.1) is 17.8 Å². The monoisotopic (exact) mass is 828 g/mol. The Morgan fingerprint density at radius 1 is 0.435 bits per heavy atom. The van der Waals surface area contributed by atoms with E-state index >= 15 is 0 Å². The molecule has 0 aliphatic heterocycles. The number of rotatable bonds is 8. The molecular formula is C57H49ClN2O2. The molecule has 2 heterocycles. The van der Waals surface area contributed by atoms with Crippen molar-refractivity contribution in [3.63, 3.8) is 0 Å². The first-order valence-electron chi connectivity index (χ1n) is 21.8. The lowest BCUT2D eigenvalue weighted by Gasteiger charge is -2.32. The third kappa shape index (κ3) is 6.97. The number of halogens is 1. The largest absolute Gasteiger partial charge is 0.456 e. The first-order chi connectivity index (χ1) is 29.9. The predicted molar refractivity (Wildman–Crippen MR) is 258 cm³/mol. The SMILES string of the molecule is Cc1cc(N(c2cccc(-c3cc4ccccc4o3)c2)c2cccc(-c3cc4ccccc4o3)c2)c(Cl)c(N(c2ccc3c(c2)CC(C)(C)C3)c2ccc3c(c2)CC(C)(C)C3)c1. The number of hydrogen-bond donors (Lipinski definition) is 0. The first kappa shape index (κ1) is 38.4. The number of aryl methyl sites for hydroxylation is 1. The lowest BCUT2D eigenvalue weighted by Crippen LogP contribution is -2.15. The average molecular weight is 829 g/mol. The summed E-state index contributed by atoms with van der Waals surface area (Å²) in [6.07, 6.45) is 4.26. The van der Waals surface area contributed by atoms with E-state index in [0.717, 1.165) is 110 Å². The van der Waals surface area contributed by atoms with Gasteiger partial charge in [-0.2, -0.15) is 0 Å². The zero-order chi connectivity index (χ0) is 42.3. The van der Waals surface area contributed by atoms with Crippen molar-refractivity contribution in [2.75, 3.05) is 9.80 Å². The van der Waals surface area contributed by atoms with Crippen LogP contribution in [0.3, 0.4) is 0 Å². The van der Waals surface area contributed by atoms with Gasteiger partial charge in [0, 0.05) is 44.6 Å². The summed E-state index contributed by atoms with van der Waals surface area (Å²) in [6.45, 7) is 11.7. The molecule has 4 nitrogen and oxygen atoms in total. The van der Waals surface area contributed by atoms with Crippen LogP contribution in [0.15, 0.2) is 167 Å². The van der Waals surface area contributed by atoms with Crippen LogP contribution in [0.25, 0.3) is 44.6 Å². The summed E-state index contributed by atoms with van der Waals surface area (Å²) < 4.78 is 12.8. The number of para-hydroxylation sites is 2. The molecule has 2 aliphatic rings. The van der Waals surface area contributed by atoms with E-state index in [9.17, 15) is 0 Å². The molecule has 0 atom stereocenters. The number of fused-ring (bicyclic) bond motifs is 4. The molecule has 62 heavy (non-hydrogen) atoms. The maximum Gasteiger partial charge on any atom is 0.135 e. The zero-order valence-corrected chi connectivity index (χ0v) is 36.7. The summed E-state index contributed by atoms with van der Waals surface area (Å²) in [7, 11) is 0. The Kier molecular flexibility index (Phi) is 9.03. The van der Waals surface area contributed by atoms with Crippen LogP contribution < -0.4 is 9.80 Å². The summed E-state index contributed by atoms with van der Waals surface area (Å²) in [4.78, 5) is 4.68. The van der Waals surface area contributed by atoms with Gasteiger partial charge in [0.1, 0.15) is 22.7 Å². The van der Waals surface area contributed by atoms with Gasteiger partial charge in [-0.1, -0.05) is 112 Å². The van der Waals surface area contributed by atoms with Gasteiger partial charge in [-0.05, 0) is 156 Å². The Labute approximate surface area is 369 Å². The smallest absolute Gasteiger partial charge is 0.135 e. The quantitative estimate of drug-likeness (QED) is 0.153. The molecule has 0 spiro atoms. The van der Waals surface area contributed by atoms with Gasteiger partial charge in [0.2, 0.25) is 0 Å². The Morgan fingerprint density at radius 3 is 1.31 bits per heavy atom. The van der Waals surface area contributed by atoms with Crippen molar-refractivity contribution >= 4 is 67.7 Å². The molecule has 2 aromatic heterocycles. The van der Waals surface area contributed by atoms with Gasteiger partial charge in [-0.15, -0.1) is 0 Å². The van der Waals surface area contributed by atoms with Gasteiger partial charge < -0.3 is 18.6 Å². The topological polar surface area (TPSA) is 32.8 Å². The third-order valence-electron chi connectivity index (χ3n) is 12.9. The number of benzene rings is 7. The number of hydrogen-bond acceptors (Lipinski definition) is 4. The normalized spacial score (nSPS) is 14.9. The molecule has 7 aromatic carbocycles. The molecule has 0 saturated heterocycles. The predicted octanol–water partition coefficient (Wildman–Crippen LogP) is 16.7. The third-order valence-corrected chi connectivity index (χ3v) is 13.2. The van der Waals surface area contributed by atoms with Crippen LogP contribution in [0.2, 0.25) is 5.02 Å². The van der Waals surface area contributed by atoms with E-state index in [0.29, 0.717) is 5.02 Å². The summed E-state index contributed by atoms with van der Waals surface area (Å²) in [5.74, 6) is 1.62. The van der Waals surface area contributed by atoms with E-state index in [1.54, 1.807) is 0 Å². The average Bonchev–Trinajstić information content (AvgIpc) is 4.03. The highest BCUT2D eigenvalue weighted by atomic mass is 35.5. The minimum absolute atomic E-state index is 0.230. The zero-order valence-electron chi connectivity index (χ0n) is 35.9. The lowest BCUT2D eigenvalue weighted by molar-refractivity contribution is 0.392. The van der Waals surface area contributed by atoms with E-state index in [2.05, 4.69) is 166 Å². The van der Waals surface area contributed by atoms with Crippen LogP contribution >= 0.6 is 11.6 Å². The van der Waals surface area contributed by atoms with Crippen LogP contribution in [-0.4, -0.2) is 0 Å². The van der Waals surface area contributed by atoms with Crippen molar-refractivity contribution in [2.45, 2.75) is 60.3 Å². The summed E-state index contributed by atoms with van der Waals surface area (Å²) in [5.41, 5.74) is 16.9. The second-order valence-electron chi connectivity index (χ2n) is 19.1.